The van der Waals surface area contributed by atoms with Crippen molar-refractivity contribution in [1.29, 1.82) is 0 Å². The third kappa shape index (κ3) is 7.63. The van der Waals surface area contributed by atoms with Crippen LogP contribution in [0.1, 0.15) is 43.0 Å². The van der Waals surface area contributed by atoms with E-state index in [-0.39, 0.29) is 12.3 Å². The molecule has 1 aliphatic rings. The molecule has 210 valence electrons. The standard InChI is InChI=1S/C29H32F4N2O3S/c1-38-21-7-9-27-24(17-21)23(10-12-34-27)26(30)8-6-19-11-14-35(18-25(19)28(36)37)13-3-15-39-22-5-2-4-20(16-22)29(31,32)33/h2,4-5,7,9-10,12,16-17,19,25-26H,3,6,8,11,13-15,18H2,1H3,(H,36,37)/t19-,25+,26?/m1/s1. The normalized spacial score (nSPS) is 19.2. The lowest BCUT2D eigenvalue weighted by molar-refractivity contribution is -0.146. The zero-order valence-electron chi connectivity index (χ0n) is 21.7. The number of hydrogen-bond acceptors (Lipinski definition) is 5. The van der Waals surface area contributed by atoms with E-state index in [2.05, 4.69) is 9.88 Å². The Labute approximate surface area is 229 Å². The first kappa shape index (κ1) is 29.1. The molecule has 1 aliphatic heterocycles. The fourth-order valence-corrected chi connectivity index (χ4v) is 6.09. The SMILES string of the molecule is COc1ccc2nccc(C(F)CC[C@@H]3CCN(CCCSc4cccc(C(F)(F)F)c4)C[C@@H]3C(=O)O)c2c1. The molecule has 39 heavy (non-hydrogen) atoms. The third-order valence-corrected chi connectivity index (χ3v) is 8.40. The Morgan fingerprint density at radius 3 is 2.79 bits per heavy atom. The van der Waals surface area contributed by atoms with Crippen LogP contribution in [-0.2, 0) is 11.0 Å². The molecule has 2 heterocycles. The van der Waals surface area contributed by atoms with E-state index in [0.717, 1.165) is 25.1 Å². The lowest BCUT2D eigenvalue weighted by Crippen LogP contribution is -2.44. The van der Waals surface area contributed by atoms with Crippen LogP contribution in [0.15, 0.2) is 59.6 Å². The van der Waals surface area contributed by atoms with Gasteiger partial charge in [0.05, 0.1) is 24.1 Å². The highest BCUT2D eigenvalue weighted by atomic mass is 32.2. The van der Waals surface area contributed by atoms with Gasteiger partial charge in [-0.25, -0.2) is 4.39 Å². The average Bonchev–Trinajstić information content (AvgIpc) is 2.93. The molecule has 3 aromatic rings. The Balaban J connectivity index is 1.28. The van der Waals surface area contributed by atoms with Crippen LogP contribution in [0.25, 0.3) is 10.9 Å². The summed E-state index contributed by atoms with van der Waals surface area (Å²) < 4.78 is 59.4. The highest BCUT2D eigenvalue weighted by Gasteiger charge is 2.34. The molecule has 1 N–H and O–H groups in total. The van der Waals surface area contributed by atoms with Crippen molar-refractivity contribution >= 4 is 28.6 Å². The molecule has 1 saturated heterocycles. The summed E-state index contributed by atoms with van der Waals surface area (Å²) >= 11 is 1.36. The molecule has 5 nitrogen and oxygen atoms in total. The zero-order chi connectivity index (χ0) is 28.0. The Bertz CT molecular complexity index is 1270. The number of likely N-dealkylation sites (tertiary alicyclic amines) is 1. The summed E-state index contributed by atoms with van der Waals surface area (Å²) in [6, 6.07) is 12.3. The Morgan fingerprint density at radius 1 is 1.23 bits per heavy atom. The number of thioether (sulfide) groups is 1. The van der Waals surface area contributed by atoms with Gasteiger partial charge in [0.2, 0.25) is 0 Å². The van der Waals surface area contributed by atoms with Gasteiger partial charge in [-0.2, -0.15) is 13.2 Å². The fourth-order valence-electron chi connectivity index (χ4n) is 5.20. The number of carboxylic acid groups (broad SMARTS) is 1. The minimum Gasteiger partial charge on any atom is -0.497 e. The number of pyridine rings is 1. The van der Waals surface area contributed by atoms with Crippen molar-refractivity contribution in [1.82, 2.24) is 9.88 Å². The summed E-state index contributed by atoms with van der Waals surface area (Å²) in [5, 5.41) is 10.6. The van der Waals surface area contributed by atoms with Crippen LogP contribution >= 0.6 is 11.8 Å². The third-order valence-electron chi connectivity index (χ3n) is 7.32. The van der Waals surface area contributed by atoms with Gasteiger partial charge >= 0.3 is 12.1 Å². The van der Waals surface area contributed by atoms with E-state index in [1.54, 1.807) is 43.6 Å². The molecule has 1 unspecified atom stereocenters. The van der Waals surface area contributed by atoms with Gasteiger partial charge in [0.1, 0.15) is 11.9 Å². The first-order chi connectivity index (χ1) is 18.7. The number of halogens is 4. The fraction of sp³-hybridized carbons (Fsp3) is 0.448. The van der Waals surface area contributed by atoms with Crippen LogP contribution in [0.5, 0.6) is 5.75 Å². The first-order valence-electron chi connectivity index (χ1n) is 13.0. The number of ether oxygens (including phenoxy) is 1. The monoisotopic (exact) mass is 564 g/mol. The van der Waals surface area contributed by atoms with E-state index in [1.807, 2.05) is 0 Å². The molecule has 0 bridgehead atoms. The summed E-state index contributed by atoms with van der Waals surface area (Å²) in [6.45, 7) is 1.77. The number of alkyl halides is 4. The largest absolute Gasteiger partial charge is 0.497 e. The van der Waals surface area contributed by atoms with Crippen molar-refractivity contribution in [3.8, 4) is 5.75 Å². The van der Waals surface area contributed by atoms with E-state index >= 15 is 4.39 Å². The van der Waals surface area contributed by atoms with Crippen LogP contribution in [0, 0.1) is 11.8 Å². The molecule has 2 aromatic carbocycles. The Morgan fingerprint density at radius 2 is 2.05 bits per heavy atom. The molecule has 0 aliphatic carbocycles. The van der Waals surface area contributed by atoms with Crippen molar-refractivity contribution in [2.75, 3.05) is 32.5 Å². The molecule has 1 aromatic heterocycles. The maximum Gasteiger partial charge on any atom is 0.416 e. The number of carbonyl (C=O) groups is 1. The molecular formula is C29H32F4N2O3S. The summed E-state index contributed by atoms with van der Waals surface area (Å²) in [6.07, 6.45) is -1.96. The second kappa shape index (κ2) is 13.0. The molecular weight excluding hydrogens is 532 g/mol. The minimum absolute atomic E-state index is 0.126. The number of rotatable bonds is 11. The number of fused-ring (bicyclic) bond motifs is 1. The molecule has 4 rings (SSSR count). The van der Waals surface area contributed by atoms with Crippen molar-refractivity contribution in [3.63, 3.8) is 0 Å². The minimum atomic E-state index is -4.37. The predicted molar refractivity (Wildman–Crippen MR) is 144 cm³/mol. The lowest BCUT2D eigenvalue weighted by atomic mass is 9.81. The van der Waals surface area contributed by atoms with Crippen LogP contribution in [0.4, 0.5) is 17.6 Å². The number of carboxylic acids is 1. The van der Waals surface area contributed by atoms with Crippen LogP contribution in [-0.4, -0.2) is 53.5 Å². The molecule has 1 fully saturated rings. The number of aliphatic carboxylic acids is 1. The molecule has 3 atom stereocenters. The van der Waals surface area contributed by atoms with E-state index in [1.165, 1.54) is 17.8 Å². The van der Waals surface area contributed by atoms with Gasteiger partial charge < -0.3 is 14.7 Å². The maximum absolute atomic E-state index is 15.4. The summed E-state index contributed by atoms with van der Waals surface area (Å²) in [4.78, 5) is 19.0. The van der Waals surface area contributed by atoms with Crippen molar-refractivity contribution in [2.24, 2.45) is 11.8 Å². The molecule has 0 saturated carbocycles. The summed E-state index contributed by atoms with van der Waals surface area (Å²) in [7, 11) is 1.55. The zero-order valence-corrected chi connectivity index (χ0v) is 22.5. The number of piperidine rings is 1. The van der Waals surface area contributed by atoms with Gasteiger partial charge in [-0.3, -0.25) is 9.78 Å². The van der Waals surface area contributed by atoms with E-state index in [4.69, 9.17) is 4.74 Å². The number of aromatic nitrogens is 1. The van der Waals surface area contributed by atoms with Crippen LogP contribution in [0.2, 0.25) is 0 Å². The van der Waals surface area contributed by atoms with Gasteiger partial charge in [0.25, 0.3) is 0 Å². The Kier molecular flexibility index (Phi) is 9.71. The van der Waals surface area contributed by atoms with E-state index in [0.29, 0.717) is 58.8 Å². The number of benzene rings is 2. The highest BCUT2D eigenvalue weighted by Crippen LogP contribution is 2.36. The van der Waals surface area contributed by atoms with E-state index in [9.17, 15) is 23.1 Å². The van der Waals surface area contributed by atoms with Gasteiger partial charge in [0, 0.05) is 23.0 Å². The number of nitrogens with zero attached hydrogens (tertiary/aromatic N) is 2. The average molecular weight is 565 g/mol. The topological polar surface area (TPSA) is 62.7 Å². The van der Waals surface area contributed by atoms with E-state index < -0.39 is 29.8 Å². The summed E-state index contributed by atoms with van der Waals surface area (Å²) in [5.41, 5.74) is 0.548. The maximum atomic E-state index is 15.4. The first-order valence-corrected chi connectivity index (χ1v) is 14.0. The van der Waals surface area contributed by atoms with Crippen molar-refractivity contribution in [2.45, 2.75) is 42.9 Å². The highest BCUT2D eigenvalue weighted by molar-refractivity contribution is 7.99. The van der Waals surface area contributed by atoms with Crippen LogP contribution in [0.3, 0.4) is 0 Å². The van der Waals surface area contributed by atoms with Crippen molar-refractivity contribution < 1.29 is 32.2 Å². The lowest BCUT2D eigenvalue weighted by Gasteiger charge is -2.36. The van der Waals surface area contributed by atoms with Gasteiger partial charge in [-0.1, -0.05) is 6.07 Å². The van der Waals surface area contributed by atoms with Gasteiger partial charge in [0.15, 0.2) is 0 Å². The smallest absolute Gasteiger partial charge is 0.416 e. The molecule has 0 radical (unpaired) electrons. The predicted octanol–water partition coefficient (Wildman–Crippen LogP) is 7.26. The second-order valence-electron chi connectivity index (χ2n) is 9.85. The van der Waals surface area contributed by atoms with Crippen LogP contribution < -0.4 is 4.74 Å². The summed E-state index contributed by atoms with van der Waals surface area (Å²) in [5.74, 6) is -0.337. The van der Waals surface area contributed by atoms with Crippen molar-refractivity contribution in [3.05, 3.63) is 65.9 Å². The number of methoxy groups -OCH3 is 1. The molecule has 0 spiro atoms. The molecule has 10 heteroatoms. The molecule has 0 amide bonds. The van der Waals surface area contributed by atoms with Gasteiger partial charge in [-0.15, -0.1) is 11.8 Å². The number of hydrogen-bond donors (Lipinski definition) is 1. The second-order valence-corrected chi connectivity index (χ2v) is 11.0. The Hall–Kier alpha value is -2.85. The van der Waals surface area contributed by atoms with Gasteiger partial charge in [-0.05, 0) is 98.5 Å². The quantitative estimate of drug-likeness (QED) is 0.150.